The van der Waals surface area contributed by atoms with Crippen LogP contribution in [0.15, 0.2) is 9.15 Å². The van der Waals surface area contributed by atoms with E-state index in [1.807, 2.05) is 20.8 Å². The van der Waals surface area contributed by atoms with Gasteiger partial charge >= 0.3 is 23.5 Å². The second-order valence-electron chi connectivity index (χ2n) is 4.45. The Morgan fingerprint density at radius 1 is 1.12 bits per heavy atom. The quantitative estimate of drug-likeness (QED) is 0.582. The first kappa shape index (κ1) is 12.4. The molecule has 0 fully saturated rings. The molecule has 6 heteroatoms. The summed E-state index contributed by atoms with van der Waals surface area (Å²) in [4.78, 5) is 22.4. The molecule has 0 spiro atoms. The third kappa shape index (κ3) is 2.88. The third-order valence-corrected chi connectivity index (χ3v) is 1.61. The van der Waals surface area contributed by atoms with E-state index in [0.717, 1.165) is 0 Å². The Hall–Kier alpha value is -1.72. The summed E-state index contributed by atoms with van der Waals surface area (Å²) in [5.74, 6) is -2.02. The fourth-order valence-corrected chi connectivity index (χ4v) is 0.819. The molecule has 0 N–H and O–H groups in total. The Labute approximate surface area is 92.4 Å². The standard InChI is InChI=1S/C10H14O6/c1-10(2,3)5-14-9(12)7-6(15-16-7)8(11)13-4/h5H2,1-4H3. The van der Waals surface area contributed by atoms with Crippen molar-refractivity contribution in [3.8, 4) is 0 Å². The minimum absolute atomic E-state index is 0.160. The number of carbonyl (C=O) groups excluding carboxylic acids is 2. The van der Waals surface area contributed by atoms with Crippen LogP contribution in [0.3, 0.4) is 0 Å². The average molecular weight is 230 g/mol. The lowest BCUT2D eigenvalue weighted by molar-refractivity contribution is -0.0445. The zero-order valence-corrected chi connectivity index (χ0v) is 9.66. The first-order chi connectivity index (χ1) is 7.35. The number of hydrogen-bond acceptors (Lipinski definition) is 6. The molecule has 0 aliphatic carbocycles. The number of rotatable bonds is 3. The Morgan fingerprint density at radius 2 is 1.62 bits per heavy atom. The predicted octanol–water partition coefficient (Wildman–Crippen LogP) is 1.86. The first-order valence-corrected chi connectivity index (χ1v) is 4.69. The van der Waals surface area contributed by atoms with Crippen LogP contribution in [0.4, 0.5) is 0 Å². The van der Waals surface area contributed by atoms with Crippen molar-refractivity contribution in [3.05, 3.63) is 11.5 Å². The summed E-state index contributed by atoms with van der Waals surface area (Å²) < 4.78 is 18.0. The highest BCUT2D eigenvalue weighted by Crippen LogP contribution is 2.18. The van der Waals surface area contributed by atoms with Crippen molar-refractivity contribution in [2.45, 2.75) is 20.8 Å². The van der Waals surface area contributed by atoms with Crippen molar-refractivity contribution in [1.29, 1.82) is 0 Å². The normalized spacial score (nSPS) is 11.2. The summed E-state index contributed by atoms with van der Waals surface area (Å²) in [5.41, 5.74) is -0.160. The Kier molecular flexibility index (Phi) is 3.41. The van der Waals surface area contributed by atoms with Gasteiger partial charge in [-0.2, -0.15) is 0 Å². The van der Waals surface area contributed by atoms with Gasteiger partial charge in [0.25, 0.3) is 0 Å². The van der Waals surface area contributed by atoms with Gasteiger partial charge in [-0.15, -0.1) is 0 Å². The van der Waals surface area contributed by atoms with E-state index in [9.17, 15) is 9.59 Å². The lowest BCUT2D eigenvalue weighted by Gasteiger charge is -2.17. The summed E-state index contributed by atoms with van der Waals surface area (Å²) in [6, 6.07) is 0. The fraction of sp³-hybridized carbons (Fsp3) is 0.600. The maximum absolute atomic E-state index is 11.4. The topological polar surface area (TPSA) is 78.9 Å². The minimum atomic E-state index is -0.769. The van der Waals surface area contributed by atoms with E-state index in [-0.39, 0.29) is 23.5 Å². The van der Waals surface area contributed by atoms with Gasteiger partial charge in [0.1, 0.15) is 0 Å². The molecule has 1 heterocycles. The molecule has 1 rings (SSSR count). The van der Waals surface area contributed by atoms with Gasteiger partial charge in [-0.1, -0.05) is 20.8 Å². The van der Waals surface area contributed by atoms with Crippen LogP contribution in [0.5, 0.6) is 0 Å². The van der Waals surface area contributed by atoms with E-state index >= 15 is 0 Å². The number of methoxy groups -OCH3 is 1. The molecular weight excluding hydrogens is 216 g/mol. The van der Waals surface area contributed by atoms with E-state index in [4.69, 9.17) is 4.74 Å². The van der Waals surface area contributed by atoms with Crippen LogP contribution in [-0.2, 0) is 9.47 Å². The molecule has 0 aliphatic heterocycles. The van der Waals surface area contributed by atoms with E-state index in [2.05, 4.69) is 13.9 Å². The lowest BCUT2D eigenvalue weighted by atomic mass is 9.99. The highest BCUT2D eigenvalue weighted by Gasteiger charge is 2.31. The largest absolute Gasteiger partial charge is 0.463 e. The van der Waals surface area contributed by atoms with Crippen LogP contribution in [0, 0.1) is 5.41 Å². The van der Waals surface area contributed by atoms with Crippen molar-refractivity contribution < 1.29 is 28.2 Å². The summed E-state index contributed by atoms with van der Waals surface area (Å²) in [6.07, 6.45) is 0. The van der Waals surface area contributed by atoms with Crippen molar-refractivity contribution in [3.63, 3.8) is 0 Å². The zero-order valence-electron chi connectivity index (χ0n) is 9.66. The second-order valence-corrected chi connectivity index (χ2v) is 4.45. The predicted molar refractivity (Wildman–Crippen MR) is 52.1 cm³/mol. The van der Waals surface area contributed by atoms with Crippen molar-refractivity contribution in [1.82, 2.24) is 0 Å². The molecule has 1 aromatic heterocycles. The Bertz CT molecular complexity index is 378. The molecule has 0 bridgehead atoms. The SMILES string of the molecule is COC(=O)c1ooc1C(=O)OCC(C)(C)C. The molecule has 0 radical (unpaired) electrons. The molecule has 0 aliphatic rings. The van der Waals surface area contributed by atoms with Gasteiger partial charge < -0.3 is 9.47 Å². The van der Waals surface area contributed by atoms with E-state index in [1.165, 1.54) is 7.11 Å². The minimum Gasteiger partial charge on any atom is -0.463 e. The maximum atomic E-state index is 11.4. The van der Waals surface area contributed by atoms with Gasteiger partial charge in [-0.3, -0.25) is 9.15 Å². The van der Waals surface area contributed by atoms with Gasteiger partial charge in [-0.05, 0) is 5.41 Å². The fourth-order valence-electron chi connectivity index (χ4n) is 0.819. The third-order valence-electron chi connectivity index (χ3n) is 1.61. The van der Waals surface area contributed by atoms with Crippen LogP contribution in [-0.4, -0.2) is 25.7 Å². The first-order valence-electron chi connectivity index (χ1n) is 4.69. The molecule has 90 valence electrons. The van der Waals surface area contributed by atoms with Crippen molar-refractivity contribution in [2.75, 3.05) is 13.7 Å². The monoisotopic (exact) mass is 230 g/mol. The Morgan fingerprint density at radius 3 is 2.00 bits per heavy atom. The molecule has 0 unspecified atom stereocenters. The molecule has 6 nitrogen and oxygen atoms in total. The van der Waals surface area contributed by atoms with Crippen LogP contribution >= 0.6 is 0 Å². The van der Waals surface area contributed by atoms with E-state index < -0.39 is 11.9 Å². The van der Waals surface area contributed by atoms with Gasteiger partial charge in [0.05, 0.1) is 13.7 Å². The highest BCUT2D eigenvalue weighted by molar-refractivity contribution is 5.99. The summed E-state index contributed by atoms with van der Waals surface area (Å²) in [6.45, 7) is 5.95. The van der Waals surface area contributed by atoms with Crippen molar-refractivity contribution >= 4 is 11.9 Å². The summed E-state index contributed by atoms with van der Waals surface area (Å²) in [7, 11) is 1.18. The van der Waals surface area contributed by atoms with Gasteiger partial charge in [-0.25, -0.2) is 9.59 Å². The van der Waals surface area contributed by atoms with Crippen LogP contribution in [0.2, 0.25) is 0 Å². The lowest BCUT2D eigenvalue weighted by Crippen LogP contribution is -2.21. The molecule has 0 atom stereocenters. The van der Waals surface area contributed by atoms with Crippen molar-refractivity contribution in [2.24, 2.45) is 5.41 Å². The molecular formula is C10H14O6. The van der Waals surface area contributed by atoms with Gasteiger partial charge in [0.15, 0.2) is 0 Å². The highest BCUT2D eigenvalue weighted by atomic mass is 17.0. The average Bonchev–Trinajstić information content (AvgIpc) is 2.11. The van der Waals surface area contributed by atoms with Gasteiger partial charge in [0.2, 0.25) is 0 Å². The second kappa shape index (κ2) is 4.42. The maximum Gasteiger partial charge on any atom is 0.383 e. The molecule has 1 aromatic rings. The number of ether oxygens (including phenoxy) is 2. The number of carbonyl (C=O) groups is 2. The van der Waals surface area contributed by atoms with Crippen LogP contribution in [0.1, 0.15) is 41.9 Å². The molecule has 0 saturated carbocycles. The van der Waals surface area contributed by atoms with E-state index in [1.54, 1.807) is 0 Å². The molecule has 16 heavy (non-hydrogen) atoms. The summed E-state index contributed by atoms with van der Waals surface area (Å²) in [5, 5.41) is 0. The van der Waals surface area contributed by atoms with Gasteiger partial charge in [0, 0.05) is 0 Å². The molecule has 0 amide bonds. The molecule has 0 aromatic carbocycles. The van der Waals surface area contributed by atoms with E-state index in [0.29, 0.717) is 0 Å². The smallest absolute Gasteiger partial charge is 0.383 e. The van der Waals surface area contributed by atoms with Crippen LogP contribution < -0.4 is 0 Å². The number of esters is 2. The summed E-state index contributed by atoms with van der Waals surface area (Å²) >= 11 is 0. The van der Waals surface area contributed by atoms with Crippen LogP contribution in [0.25, 0.3) is 0 Å². The zero-order chi connectivity index (χ0) is 12.3. The number of hydrogen-bond donors (Lipinski definition) is 0. The molecule has 0 saturated heterocycles. The Balaban J connectivity index is 2.59.